The van der Waals surface area contributed by atoms with E-state index in [0.29, 0.717) is 31.0 Å². The number of ether oxygens (including phenoxy) is 3. The van der Waals surface area contributed by atoms with Gasteiger partial charge in [-0.2, -0.15) is 0 Å². The number of benzene rings is 2. The molecule has 0 aliphatic carbocycles. The smallest absolute Gasteiger partial charge is 0.375 e. The van der Waals surface area contributed by atoms with Gasteiger partial charge in [0.05, 0.1) is 31.1 Å². The standard InChI is InChI=1S/C25H25NO8S/c1-31-21-12-17-8-10-26(14-19(17)13-22(21)32-2)23(27)15-34-25(28)24-18(9-11-33-24)16-35(29,30)20-6-4-3-5-7-20/h3-7,9,11-13H,8,10,14-16H2,1-2H3. The zero-order chi connectivity index (χ0) is 25.0. The number of nitrogens with zero attached hydrogens (tertiary/aromatic N) is 1. The molecule has 0 spiro atoms. The first-order chi connectivity index (χ1) is 16.8. The van der Waals surface area contributed by atoms with E-state index < -0.39 is 28.2 Å². The molecule has 184 valence electrons. The Hall–Kier alpha value is -3.79. The lowest BCUT2D eigenvalue weighted by Crippen LogP contribution is -2.38. The normalized spacial score (nSPS) is 13.1. The van der Waals surface area contributed by atoms with Gasteiger partial charge in [-0.1, -0.05) is 18.2 Å². The number of fused-ring (bicyclic) bond motifs is 1. The monoisotopic (exact) mass is 499 g/mol. The Kier molecular flexibility index (Phi) is 7.11. The highest BCUT2D eigenvalue weighted by molar-refractivity contribution is 7.90. The van der Waals surface area contributed by atoms with Gasteiger partial charge in [0.1, 0.15) is 0 Å². The molecule has 35 heavy (non-hydrogen) atoms. The summed E-state index contributed by atoms with van der Waals surface area (Å²) in [6.45, 7) is 0.306. The van der Waals surface area contributed by atoms with Gasteiger partial charge >= 0.3 is 5.97 Å². The number of rotatable bonds is 8. The predicted octanol–water partition coefficient (Wildman–Crippen LogP) is 3.01. The van der Waals surface area contributed by atoms with Crippen molar-refractivity contribution in [3.05, 3.63) is 77.2 Å². The van der Waals surface area contributed by atoms with E-state index in [-0.39, 0.29) is 22.1 Å². The third kappa shape index (κ3) is 5.32. The summed E-state index contributed by atoms with van der Waals surface area (Å²) in [5, 5.41) is 0. The molecule has 2 heterocycles. The van der Waals surface area contributed by atoms with Crippen molar-refractivity contribution >= 4 is 21.7 Å². The molecular formula is C25H25NO8S. The number of carbonyl (C=O) groups is 2. The van der Waals surface area contributed by atoms with Crippen molar-refractivity contribution in [2.45, 2.75) is 23.6 Å². The van der Waals surface area contributed by atoms with Gasteiger partial charge in [-0.3, -0.25) is 4.79 Å². The first-order valence-electron chi connectivity index (χ1n) is 10.8. The third-order valence-corrected chi connectivity index (χ3v) is 7.46. The van der Waals surface area contributed by atoms with Gasteiger partial charge in [-0.25, -0.2) is 13.2 Å². The topological polar surface area (TPSA) is 112 Å². The summed E-state index contributed by atoms with van der Waals surface area (Å²) in [6.07, 6.45) is 1.84. The van der Waals surface area contributed by atoms with E-state index >= 15 is 0 Å². The van der Waals surface area contributed by atoms with Gasteiger partial charge in [0, 0.05) is 18.7 Å². The molecule has 9 nitrogen and oxygen atoms in total. The van der Waals surface area contributed by atoms with Gasteiger partial charge in [-0.05, 0) is 47.9 Å². The largest absolute Gasteiger partial charge is 0.493 e. The zero-order valence-corrected chi connectivity index (χ0v) is 20.2. The first kappa shape index (κ1) is 24.3. The van der Waals surface area contributed by atoms with Crippen LogP contribution in [0.2, 0.25) is 0 Å². The quantitative estimate of drug-likeness (QED) is 0.435. The van der Waals surface area contributed by atoms with Crippen LogP contribution in [0.15, 0.2) is 64.1 Å². The SMILES string of the molecule is COc1cc2c(cc1OC)CN(C(=O)COC(=O)c1occc1CS(=O)(=O)c1ccccc1)CC2. The lowest BCUT2D eigenvalue weighted by molar-refractivity contribution is -0.135. The number of esters is 1. The van der Waals surface area contributed by atoms with Crippen LogP contribution in [0.1, 0.15) is 27.2 Å². The van der Waals surface area contributed by atoms with Crippen molar-refractivity contribution in [1.82, 2.24) is 4.90 Å². The maximum atomic E-state index is 12.7. The molecule has 0 fully saturated rings. The summed E-state index contributed by atoms with van der Waals surface area (Å²) in [4.78, 5) is 27.0. The average molecular weight is 500 g/mol. The Morgan fingerprint density at radius 2 is 1.69 bits per heavy atom. The van der Waals surface area contributed by atoms with Crippen LogP contribution in [0.4, 0.5) is 0 Å². The molecule has 0 saturated carbocycles. The number of carbonyl (C=O) groups excluding carboxylic acids is 2. The number of sulfone groups is 1. The van der Waals surface area contributed by atoms with Gasteiger partial charge in [0.2, 0.25) is 5.76 Å². The Balaban J connectivity index is 1.39. The Bertz CT molecular complexity index is 1330. The van der Waals surface area contributed by atoms with E-state index in [1.807, 2.05) is 12.1 Å². The maximum absolute atomic E-state index is 12.7. The minimum atomic E-state index is -3.69. The van der Waals surface area contributed by atoms with Crippen molar-refractivity contribution in [2.75, 3.05) is 27.4 Å². The fourth-order valence-electron chi connectivity index (χ4n) is 3.92. The molecule has 3 aromatic rings. The van der Waals surface area contributed by atoms with E-state index in [4.69, 9.17) is 18.6 Å². The summed E-state index contributed by atoms with van der Waals surface area (Å²) in [5.41, 5.74) is 2.15. The molecule has 0 atom stereocenters. The van der Waals surface area contributed by atoms with Crippen molar-refractivity contribution in [3.8, 4) is 11.5 Å². The van der Waals surface area contributed by atoms with Gasteiger partial charge in [-0.15, -0.1) is 0 Å². The van der Waals surface area contributed by atoms with Crippen LogP contribution in [0.5, 0.6) is 11.5 Å². The van der Waals surface area contributed by atoms with E-state index in [9.17, 15) is 18.0 Å². The molecule has 1 aromatic heterocycles. The van der Waals surface area contributed by atoms with Gasteiger partial charge < -0.3 is 23.5 Å². The number of furan rings is 1. The minimum Gasteiger partial charge on any atom is -0.493 e. The number of methoxy groups -OCH3 is 2. The van der Waals surface area contributed by atoms with E-state index in [1.165, 1.54) is 24.5 Å². The zero-order valence-electron chi connectivity index (χ0n) is 19.4. The van der Waals surface area contributed by atoms with Gasteiger partial charge in [0.15, 0.2) is 27.9 Å². The highest BCUT2D eigenvalue weighted by atomic mass is 32.2. The van der Waals surface area contributed by atoms with Crippen LogP contribution in [0.3, 0.4) is 0 Å². The molecule has 0 radical (unpaired) electrons. The molecule has 4 rings (SSSR count). The van der Waals surface area contributed by atoms with Gasteiger partial charge in [0.25, 0.3) is 5.91 Å². The number of amides is 1. The van der Waals surface area contributed by atoms with Crippen molar-refractivity contribution in [3.63, 3.8) is 0 Å². The second-order valence-electron chi connectivity index (χ2n) is 7.96. The molecule has 2 aromatic carbocycles. The summed E-state index contributed by atoms with van der Waals surface area (Å²) < 4.78 is 46.4. The highest BCUT2D eigenvalue weighted by Crippen LogP contribution is 2.33. The molecule has 0 N–H and O–H groups in total. The van der Waals surface area contributed by atoms with E-state index in [0.717, 1.165) is 11.1 Å². The summed E-state index contributed by atoms with van der Waals surface area (Å²) in [6, 6.07) is 13.1. The highest BCUT2D eigenvalue weighted by Gasteiger charge is 2.26. The molecule has 0 saturated heterocycles. The number of hydrogen-bond donors (Lipinski definition) is 0. The van der Waals surface area contributed by atoms with Crippen LogP contribution < -0.4 is 9.47 Å². The maximum Gasteiger partial charge on any atom is 0.375 e. The molecule has 0 bridgehead atoms. The molecule has 1 aliphatic rings. The summed E-state index contributed by atoms with van der Waals surface area (Å²) in [7, 11) is -0.576. The second kappa shape index (κ2) is 10.2. The van der Waals surface area contributed by atoms with Crippen LogP contribution in [-0.2, 0) is 38.1 Å². The van der Waals surface area contributed by atoms with E-state index in [1.54, 1.807) is 37.3 Å². The Morgan fingerprint density at radius 1 is 1.00 bits per heavy atom. The van der Waals surface area contributed by atoms with Crippen LogP contribution in [-0.4, -0.2) is 52.6 Å². The Labute approximate surface area is 203 Å². The molecule has 1 amide bonds. The van der Waals surface area contributed by atoms with Crippen LogP contribution >= 0.6 is 0 Å². The average Bonchev–Trinajstić information content (AvgIpc) is 3.33. The lowest BCUT2D eigenvalue weighted by Gasteiger charge is -2.29. The summed E-state index contributed by atoms with van der Waals surface area (Å²) in [5.74, 6) is -0.737. The van der Waals surface area contributed by atoms with Crippen molar-refractivity contribution < 1.29 is 36.6 Å². The predicted molar refractivity (Wildman–Crippen MR) is 125 cm³/mol. The van der Waals surface area contributed by atoms with E-state index in [2.05, 4.69) is 0 Å². The second-order valence-corrected chi connectivity index (χ2v) is 9.95. The molecule has 10 heteroatoms. The fraction of sp³-hybridized carbons (Fsp3) is 0.280. The van der Waals surface area contributed by atoms with Crippen LogP contribution in [0.25, 0.3) is 0 Å². The van der Waals surface area contributed by atoms with Crippen molar-refractivity contribution in [2.24, 2.45) is 0 Å². The van der Waals surface area contributed by atoms with Crippen LogP contribution in [0, 0.1) is 0 Å². The Morgan fingerprint density at radius 3 is 2.37 bits per heavy atom. The number of hydrogen-bond acceptors (Lipinski definition) is 8. The summed E-state index contributed by atoms with van der Waals surface area (Å²) >= 11 is 0. The molecule has 0 unspecified atom stereocenters. The first-order valence-corrected chi connectivity index (χ1v) is 12.5. The third-order valence-electron chi connectivity index (χ3n) is 5.78. The minimum absolute atomic E-state index is 0.135. The molecular weight excluding hydrogens is 474 g/mol. The lowest BCUT2D eigenvalue weighted by atomic mass is 9.99. The van der Waals surface area contributed by atoms with Crippen molar-refractivity contribution in [1.29, 1.82) is 0 Å². The fourth-order valence-corrected chi connectivity index (χ4v) is 5.30. The molecule has 1 aliphatic heterocycles.